The van der Waals surface area contributed by atoms with E-state index in [2.05, 4.69) is 35.1 Å². The number of benzene rings is 3. The number of amides is 1. The van der Waals surface area contributed by atoms with Gasteiger partial charge >= 0.3 is 0 Å². The molecule has 0 fully saturated rings. The van der Waals surface area contributed by atoms with Crippen molar-refractivity contribution >= 4 is 44.4 Å². The van der Waals surface area contributed by atoms with Crippen LogP contribution in [-0.4, -0.2) is 26.3 Å². The lowest BCUT2D eigenvalue weighted by Gasteiger charge is -2.16. The molecule has 0 radical (unpaired) electrons. The average Bonchev–Trinajstić information content (AvgIpc) is 3.15. The summed E-state index contributed by atoms with van der Waals surface area (Å²) in [5, 5.41) is 8.72. The zero-order valence-electron chi connectivity index (χ0n) is 21.5. The van der Waals surface area contributed by atoms with E-state index in [1.54, 1.807) is 37.4 Å². The number of para-hydroxylation sites is 4. The van der Waals surface area contributed by atoms with Crippen molar-refractivity contribution in [3.8, 4) is 0 Å². The van der Waals surface area contributed by atoms with Crippen molar-refractivity contribution in [2.45, 2.75) is 33.6 Å². The van der Waals surface area contributed by atoms with Gasteiger partial charge < -0.3 is 11.1 Å². The monoisotopic (exact) mass is 519 g/mol. The number of sulfonamides is 1. The Balaban J connectivity index is 0.000000356. The molecule has 1 amide bonds. The first-order valence-electron chi connectivity index (χ1n) is 12.0. The fourth-order valence-corrected chi connectivity index (χ4v) is 4.34. The van der Waals surface area contributed by atoms with Crippen LogP contribution in [0.1, 0.15) is 31.9 Å². The predicted molar refractivity (Wildman–Crippen MR) is 153 cm³/mol. The van der Waals surface area contributed by atoms with E-state index in [9.17, 15) is 13.2 Å². The van der Waals surface area contributed by atoms with Crippen LogP contribution in [0.4, 0.5) is 22.7 Å². The zero-order chi connectivity index (χ0) is 27.0. The smallest absolute Gasteiger partial charge is 0.282 e. The quantitative estimate of drug-likeness (QED) is 0.294. The van der Waals surface area contributed by atoms with E-state index in [0.717, 1.165) is 36.0 Å². The number of nitrogens with zero attached hydrogens (tertiary/aromatic N) is 2. The summed E-state index contributed by atoms with van der Waals surface area (Å²) in [5.74, 6) is -0.332. The maximum absolute atomic E-state index is 12.9. The van der Waals surface area contributed by atoms with E-state index >= 15 is 0 Å². The first-order valence-corrected chi connectivity index (χ1v) is 13.9. The lowest BCUT2D eigenvalue weighted by atomic mass is 10.1. The molecule has 194 valence electrons. The van der Waals surface area contributed by atoms with Crippen LogP contribution in [0.15, 0.2) is 89.7 Å². The minimum Gasteiger partial charge on any atom is -0.399 e. The molecule has 1 heterocycles. The molecule has 8 nitrogen and oxygen atoms in total. The van der Waals surface area contributed by atoms with E-state index in [4.69, 9.17) is 5.73 Å². The molecule has 3 aromatic rings. The number of hydrazone groups is 1. The van der Waals surface area contributed by atoms with Gasteiger partial charge in [-0.1, -0.05) is 62.4 Å². The van der Waals surface area contributed by atoms with Gasteiger partial charge in [-0.25, -0.2) is 8.42 Å². The molecule has 0 atom stereocenters. The Morgan fingerprint density at radius 2 is 1.46 bits per heavy atom. The SMILES string of the molecule is CCc1ccccc1N.CCc1ccccc1NC=C1C(=O)N(c2ccccc2NS(C)(=O)=O)N=C1C. The second kappa shape index (κ2) is 12.2. The molecule has 9 heteroatoms. The number of carbonyl (C=O) groups excluding carboxylic acids is 1. The molecule has 3 aromatic carbocycles. The van der Waals surface area contributed by atoms with Crippen LogP contribution in [0.2, 0.25) is 0 Å². The first kappa shape index (κ1) is 27.5. The standard InChI is InChI=1S/C20H22N4O3S.C8H11N/c1-4-15-9-5-6-10-17(15)21-13-16-14(2)22-24(20(16)25)19-12-8-7-11-18(19)23-28(3,26)27;1-2-7-5-3-4-6-8(7)9/h5-13,21,23H,4H2,1-3H3;3-6H,2,9H2,1H3. The maximum atomic E-state index is 12.9. The number of aryl methyl sites for hydroxylation is 2. The van der Waals surface area contributed by atoms with E-state index in [-0.39, 0.29) is 5.91 Å². The van der Waals surface area contributed by atoms with Crippen molar-refractivity contribution in [3.63, 3.8) is 0 Å². The third-order valence-electron chi connectivity index (χ3n) is 5.70. The molecule has 4 rings (SSSR count). The lowest BCUT2D eigenvalue weighted by molar-refractivity contribution is -0.114. The average molecular weight is 520 g/mol. The summed E-state index contributed by atoms with van der Waals surface area (Å²) in [6.07, 6.45) is 4.59. The van der Waals surface area contributed by atoms with E-state index < -0.39 is 10.0 Å². The molecule has 0 saturated carbocycles. The van der Waals surface area contributed by atoms with Crippen LogP contribution in [-0.2, 0) is 27.7 Å². The molecule has 4 N–H and O–H groups in total. The summed E-state index contributed by atoms with van der Waals surface area (Å²) in [6.45, 7) is 5.91. The third-order valence-corrected chi connectivity index (χ3v) is 6.29. The van der Waals surface area contributed by atoms with Gasteiger partial charge in [-0.15, -0.1) is 0 Å². The van der Waals surface area contributed by atoms with Gasteiger partial charge in [0.2, 0.25) is 10.0 Å². The van der Waals surface area contributed by atoms with Gasteiger partial charge in [0.1, 0.15) is 0 Å². The molecule has 0 spiro atoms. The van der Waals surface area contributed by atoms with Crippen LogP contribution < -0.4 is 20.8 Å². The summed E-state index contributed by atoms with van der Waals surface area (Å²) in [7, 11) is -3.49. The van der Waals surface area contributed by atoms with Gasteiger partial charge in [0, 0.05) is 17.6 Å². The Morgan fingerprint density at radius 1 is 0.892 bits per heavy atom. The molecule has 0 bridgehead atoms. The topological polar surface area (TPSA) is 117 Å². The van der Waals surface area contributed by atoms with E-state index in [0.29, 0.717) is 22.7 Å². The summed E-state index contributed by atoms with van der Waals surface area (Å²) in [6, 6.07) is 22.5. The largest absolute Gasteiger partial charge is 0.399 e. The van der Waals surface area contributed by atoms with Crippen molar-refractivity contribution in [3.05, 3.63) is 95.7 Å². The predicted octanol–water partition coefficient (Wildman–Crippen LogP) is 5.17. The number of carbonyl (C=O) groups is 1. The Morgan fingerprint density at radius 3 is 2.05 bits per heavy atom. The highest BCUT2D eigenvalue weighted by molar-refractivity contribution is 7.92. The molecule has 0 aromatic heterocycles. The fourth-order valence-electron chi connectivity index (χ4n) is 3.77. The Hall–Kier alpha value is -4.11. The molecule has 0 aliphatic carbocycles. The maximum Gasteiger partial charge on any atom is 0.282 e. The fraction of sp³-hybridized carbons (Fsp3) is 0.214. The Kier molecular flexibility index (Phi) is 9.08. The van der Waals surface area contributed by atoms with Crippen LogP contribution in [0.5, 0.6) is 0 Å². The minimum atomic E-state index is -3.49. The highest BCUT2D eigenvalue weighted by Crippen LogP contribution is 2.31. The number of nitrogens with two attached hydrogens (primary N) is 1. The van der Waals surface area contributed by atoms with Crippen molar-refractivity contribution in [1.82, 2.24) is 0 Å². The van der Waals surface area contributed by atoms with E-state index in [1.165, 1.54) is 10.6 Å². The molecule has 1 aliphatic heterocycles. The van der Waals surface area contributed by atoms with Gasteiger partial charge in [0.05, 0.1) is 28.9 Å². The Labute approximate surface area is 218 Å². The van der Waals surface area contributed by atoms with Gasteiger partial charge in [0.15, 0.2) is 0 Å². The lowest BCUT2D eigenvalue weighted by Crippen LogP contribution is -2.23. The van der Waals surface area contributed by atoms with Crippen LogP contribution in [0.3, 0.4) is 0 Å². The van der Waals surface area contributed by atoms with Crippen LogP contribution in [0.25, 0.3) is 0 Å². The summed E-state index contributed by atoms with van der Waals surface area (Å²) < 4.78 is 25.7. The number of rotatable bonds is 7. The molecule has 37 heavy (non-hydrogen) atoms. The summed E-state index contributed by atoms with van der Waals surface area (Å²) in [5.41, 5.74) is 11.5. The number of hydrogen-bond acceptors (Lipinski definition) is 6. The number of nitrogen functional groups attached to an aromatic ring is 1. The number of anilines is 4. The van der Waals surface area contributed by atoms with Gasteiger partial charge in [-0.3, -0.25) is 9.52 Å². The van der Waals surface area contributed by atoms with Crippen LogP contribution >= 0.6 is 0 Å². The number of hydrogen-bond donors (Lipinski definition) is 3. The van der Waals surface area contributed by atoms with Crippen molar-refractivity contribution < 1.29 is 13.2 Å². The normalized spacial score (nSPS) is 14.2. The van der Waals surface area contributed by atoms with Gasteiger partial charge in [-0.05, 0) is 55.2 Å². The minimum absolute atomic E-state index is 0.292. The number of nitrogens with one attached hydrogen (secondary N) is 2. The first-order chi connectivity index (χ1) is 17.6. The van der Waals surface area contributed by atoms with Gasteiger partial charge in [-0.2, -0.15) is 10.1 Å². The second-order valence-corrected chi connectivity index (χ2v) is 10.2. The van der Waals surface area contributed by atoms with Gasteiger partial charge in [0.25, 0.3) is 5.91 Å². The molecule has 0 saturated heterocycles. The molecule has 0 unspecified atom stereocenters. The van der Waals surface area contributed by atoms with E-state index in [1.807, 2.05) is 42.5 Å². The third kappa shape index (κ3) is 7.20. The molecular weight excluding hydrogens is 486 g/mol. The van der Waals surface area contributed by atoms with Crippen LogP contribution in [0, 0.1) is 0 Å². The molecular formula is C28H33N5O3S. The summed E-state index contributed by atoms with van der Waals surface area (Å²) >= 11 is 0. The van der Waals surface area contributed by atoms with Crippen molar-refractivity contribution in [2.75, 3.05) is 27.0 Å². The van der Waals surface area contributed by atoms with Crippen molar-refractivity contribution in [2.24, 2.45) is 5.10 Å². The van der Waals surface area contributed by atoms with Crippen molar-refractivity contribution in [1.29, 1.82) is 0 Å². The second-order valence-electron chi connectivity index (χ2n) is 8.46. The highest BCUT2D eigenvalue weighted by Gasteiger charge is 2.30. The highest BCUT2D eigenvalue weighted by atomic mass is 32.2. The zero-order valence-corrected chi connectivity index (χ0v) is 22.3. The molecule has 1 aliphatic rings. The Bertz CT molecular complexity index is 1430. The summed E-state index contributed by atoms with van der Waals surface area (Å²) in [4.78, 5) is 12.9.